The Morgan fingerprint density at radius 3 is 2.73 bits per heavy atom. The molecular weight excluding hydrogens is 188 g/mol. The van der Waals surface area contributed by atoms with Crippen molar-refractivity contribution in [1.29, 1.82) is 0 Å². The number of likely N-dealkylation sites (N-methyl/N-ethyl adjacent to an activating group) is 1. The number of carbonyl (C=O) groups is 1. The summed E-state index contributed by atoms with van der Waals surface area (Å²) in [6, 6.07) is 8.15. The van der Waals surface area contributed by atoms with Crippen LogP contribution in [0.3, 0.4) is 0 Å². The third-order valence-corrected chi connectivity index (χ3v) is 2.03. The van der Waals surface area contributed by atoms with E-state index in [1.807, 2.05) is 44.1 Å². The fraction of sp³-hybridized carbons (Fsp3) is 0.417. The molecule has 0 unspecified atom stereocenters. The van der Waals surface area contributed by atoms with Crippen LogP contribution >= 0.6 is 0 Å². The third-order valence-electron chi connectivity index (χ3n) is 2.03. The van der Waals surface area contributed by atoms with E-state index < -0.39 is 0 Å². The quantitative estimate of drug-likeness (QED) is 0.802. The molecule has 0 spiro atoms. The number of aryl methyl sites for hydroxylation is 1. The lowest BCUT2D eigenvalue weighted by molar-refractivity contribution is -0.121. The van der Waals surface area contributed by atoms with Crippen LogP contribution in [0.2, 0.25) is 0 Å². The van der Waals surface area contributed by atoms with E-state index in [9.17, 15) is 4.79 Å². The van der Waals surface area contributed by atoms with Gasteiger partial charge in [0.2, 0.25) is 5.91 Å². The molecule has 3 heteroatoms. The highest BCUT2D eigenvalue weighted by Crippen LogP contribution is 2.02. The summed E-state index contributed by atoms with van der Waals surface area (Å²) in [5, 5.41) is 2.88. The molecule has 0 aliphatic heterocycles. The maximum atomic E-state index is 11.4. The summed E-state index contributed by atoms with van der Waals surface area (Å²) in [6.45, 7) is 3.09. The molecule has 0 aromatic heterocycles. The van der Waals surface area contributed by atoms with E-state index >= 15 is 0 Å². The number of nitrogens with one attached hydrogen (secondary N) is 1. The van der Waals surface area contributed by atoms with Gasteiger partial charge in [-0.25, -0.2) is 0 Å². The summed E-state index contributed by atoms with van der Waals surface area (Å²) in [5.74, 6) is 0.0570. The van der Waals surface area contributed by atoms with Crippen LogP contribution in [0, 0.1) is 6.92 Å². The number of carbonyl (C=O) groups excluding carboxylic acids is 1. The summed E-state index contributed by atoms with van der Waals surface area (Å²) in [4.78, 5) is 13.2. The van der Waals surface area contributed by atoms with Crippen molar-refractivity contribution in [3.05, 3.63) is 35.4 Å². The molecule has 0 fully saturated rings. The van der Waals surface area contributed by atoms with Crippen LogP contribution in [0.15, 0.2) is 24.3 Å². The molecule has 3 nitrogen and oxygen atoms in total. The summed E-state index contributed by atoms with van der Waals surface area (Å²) < 4.78 is 0. The van der Waals surface area contributed by atoms with Crippen LogP contribution in [0.5, 0.6) is 0 Å². The first-order chi connectivity index (χ1) is 7.08. The highest BCUT2D eigenvalue weighted by molar-refractivity contribution is 5.77. The van der Waals surface area contributed by atoms with Gasteiger partial charge < -0.3 is 10.2 Å². The van der Waals surface area contributed by atoms with E-state index in [2.05, 4.69) is 11.4 Å². The van der Waals surface area contributed by atoms with Crippen molar-refractivity contribution >= 4 is 5.91 Å². The molecule has 0 radical (unpaired) electrons. The maximum Gasteiger partial charge on any atom is 0.234 e. The molecule has 0 aliphatic rings. The molecule has 1 N–H and O–H groups in total. The summed E-state index contributed by atoms with van der Waals surface area (Å²) in [5.41, 5.74) is 2.36. The van der Waals surface area contributed by atoms with Crippen LogP contribution < -0.4 is 5.32 Å². The van der Waals surface area contributed by atoms with Gasteiger partial charge in [-0.1, -0.05) is 29.8 Å². The molecule has 0 heterocycles. The predicted molar refractivity (Wildman–Crippen MR) is 61.6 cm³/mol. The minimum Gasteiger partial charge on any atom is -0.351 e. The first kappa shape index (κ1) is 11.7. The van der Waals surface area contributed by atoms with E-state index in [-0.39, 0.29) is 5.91 Å². The SMILES string of the molecule is Cc1cccc(CNC(=O)CN(C)C)c1. The lowest BCUT2D eigenvalue weighted by Gasteiger charge is -2.10. The Morgan fingerprint density at radius 2 is 2.13 bits per heavy atom. The van der Waals surface area contributed by atoms with Crippen LogP contribution in [0.4, 0.5) is 0 Å². The van der Waals surface area contributed by atoms with Gasteiger partial charge in [0.1, 0.15) is 0 Å². The van der Waals surface area contributed by atoms with Gasteiger partial charge in [-0.3, -0.25) is 4.79 Å². The van der Waals surface area contributed by atoms with Gasteiger partial charge in [-0.15, -0.1) is 0 Å². The predicted octanol–water partition coefficient (Wildman–Crippen LogP) is 1.17. The van der Waals surface area contributed by atoms with Gasteiger partial charge in [-0.05, 0) is 26.6 Å². The Balaban J connectivity index is 2.40. The van der Waals surface area contributed by atoms with E-state index in [1.165, 1.54) is 5.56 Å². The molecule has 1 rings (SSSR count). The van der Waals surface area contributed by atoms with E-state index in [0.717, 1.165) is 5.56 Å². The molecule has 1 aromatic rings. The first-order valence-electron chi connectivity index (χ1n) is 5.05. The molecule has 15 heavy (non-hydrogen) atoms. The summed E-state index contributed by atoms with van der Waals surface area (Å²) >= 11 is 0. The van der Waals surface area contributed by atoms with Gasteiger partial charge in [0.25, 0.3) is 0 Å². The molecule has 0 saturated carbocycles. The number of rotatable bonds is 4. The second kappa shape index (κ2) is 5.51. The number of hydrogen-bond donors (Lipinski definition) is 1. The maximum absolute atomic E-state index is 11.4. The summed E-state index contributed by atoms with van der Waals surface area (Å²) in [6.07, 6.45) is 0. The molecule has 1 amide bonds. The van der Waals surface area contributed by atoms with E-state index in [1.54, 1.807) is 0 Å². The summed E-state index contributed by atoms with van der Waals surface area (Å²) in [7, 11) is 3.76. The number of amides is 1. The second-order valence-corrected chi connectivity index (χ2v) is 4.00. The molecule has 0 atom stereocenters. The Hall–Kier alpha value is -1.35. The lowest BCUT2D eigenvalue weighted by Crippen LogP contribution is -2.32. The minimum absolute atomic E-state index is 0.0570. The largest absolute Gasteiger partial charge is 0.351 e. The Kier molecular flexibility index (Phi) is 4.31. The normalized spacial score (nSPS) is 10.4. The monoisotopic (exact) mass is 206 g/mol. The number of benzene rings is 1. The minimum atomic E-state index is 0.0570. The van der Waals surface area contributed by atoms with Crippen molar-refractivity contribution < 1.29 is 4.79 Å². The van der Waals surface area contributed by atoms with Crippen molar-refractivity contribution in [2.45, 2.75) is 13.5 Å². The Labute approximate surface area is 91.1 Å². The average Bonchev–Trinajstić information content (AvgIpc) is 2.14. The number of hydrogen-bond acceptors (Lipinski definition) is 2. The standard InChI is InChI=1S/C12H18N2O/c1-10-5-4-6-11(7-10)8-13-12(15)9-14(2)3/h4-7H,8-9H2,1-3H3,(H,13,15). The van der Waals surface area contributed by atoms with Crippen molar-refractivity contribution in [2.75, 3.05) is 20.6 Å². The molecule has 0 saturated heterocycles. The Bertz CT molecular complexity index is 334. The number of nitrogens with zero attached hydrogens (tertiary/aromatic N) is 1. The highest BCUT2D eigenvalue weighted by Gasteiger charge is 2.01. The molecular formula is C12H18N2O. The van der Waals surface area contributed by atoms with E-state index in [4.69, 9.17) is 0 Å². The zero-order valence-electron chi connectivity index (χ0n) is 9.58. The van der Waals surface area contributed by atoms with Gasteiger partial charge in [0, 0.05) is 6.54 Å². The fourth-order valence-corrected chi connectivity index (χ4v) is 1.37. The van der Waals surface area contributed by atoms with Crippen molar-refractivity contribution in [3.8, 4) is 0 Å². The molecule has 82 valence electrons. The van der Waals surface area contributed by atoms with Crippen molar-refractivity contribution in [1.82, 2.24) is 10.2 Å². The molecule has 0 aliphatic carbocycles. The van der Waals surface area contributed by atoms with Crippen LogP contribution in [0.25, 0.3) is 0 Å². The van der Waals surface area contributed by atoms with Gasteiger partial charge >= 0.3 is 0 Å². The molecule has 0 bridgehead atoms. The zero-order valence-corrected chi connectivity index (χ0v) is 9.58. The van der Waals surface area contributed by atoms with Crippen LogP contribution in [0.1, 0.15) is 11.1 Å². The van der Waals surface area contributed by atoms with Gasteiger partial charge in [-0.2, -0.15) is 0 Å². The van der Waals surface area contributed by atoms with Crippen molar-refractivity contribution in [3.63, 3.8) is 0 Å². The van der Waals surface area contributed by atoms with Crippen molar-refractivity contribution in [2.24, 2.45) is 0 Å². The van der Waals surface area contributed by atoms with Gasteiger partial charge in [0.05, 0.1) is 6.54 Å². The topological polar surface area (TPSA) is 32.3 Å². The molecule has 1 aromatic carbocycles. The zero-order chi connectivity index (χ0) is 11.3. The first-order valence-corrected chi connectivity index (χ1v) is 5.05. The lowest BCUT2D eigenvalue weighted by atomic mass is 10.1. The average molecular weight is 206 g/mol. The highest BCUT2D eigenvalue weighted by atomic mass is 16.1. The van der Waals surface area contributed by atoms with Gasteiger partial charge in [0.15, 0.2) is 0 Å². The third kappa shape index (κ3) is 4.61. The van der Waals surface area contributed by atoms with Crippen LogP contribution in [-0.4, -0.2) is 31.4 Å². The smallest absolute Gasteiger partial charge is 0.234 e. The Morgan fingerprint density at radius 1 is 1.40 bits per heavy atom. The van der Waals surface area contributed by atoms with Crippen LogP contribution in [-0.2, 0) is 11.3 Å². The second-order valence-electron chi connectivity index (χ2n) is 4.00. The fourth-order valence-electron chi connectivity index (χ4n) is 1.37. The van der Waals surface area contributed by atoms with E-state index in [0.29, 0.717) is 13.1 Å².